The summed E-state index contributed by atoms with van der Waals surface area (Å²) in [5.74, 6) is -0.361. The lowest BCUT2D eigenvalue weighted by Gasteiger charge is -2.19. The number of ketones is 1. The number of Topliss-reactive ketones (excluding diaryl/α,β-unsaturated/α-hetero) is 1. The molecule has 1 saturated carbocycles. The highest BCUT2D eigenvalue weighted by molar-refractivity contribution is 6.34. The second kappa shape index (κ2) is 6.33. The summed E-state index contributed by atoms with van der Waals surface area (Å²) in [5, 5.41) is 0.364. The molecule has 98 valence electrons. The first-order chi connectivity index (χ1) is 8.68. The maximum atomic E-state index is 13.2. The Labute approximate surface area is 112 Å². The van der Waals surface area contributed by atoms with Gasteiger partial charge in [-0.15, -0.1) is 0 Å². The van der Waals surface area contributed by atoms with E-state index in [0.717, 1.165) is 25.7 Å². The lowest BCUT2D eigenvalue weighted by molar-refractivity contribution is 0.0898. The molecule has 0 saturated heterocycles. The van der Waals surface area contributed by atoms with Gasteiger partial charge in [0.25, 0.3) is 0 Å². The minimum Gasteiger partial charge on any atom is -0.294 e. The maximum absolute atomic E-state index is 13.2. The molecule has 2 rings (SSSR count). The van der Waals surface area contributed by atoms with Crippen molar-refractivity contribution in [2.24, 2.45) is 5.92 Å². The fourth-order valence-electron chi connectivity index (χ4n) is 2.62. The van der Waals surface area contributed by atoms with Gasteiger partial charge in [-0.3, -0.25) is 4.79 Å². The van der Waals surface area contributed by atoms with Gasteiger partial charge in [0, 0.05) is 11.5 Å². The average molecular weight is 269 g/mol. The Morgan fingerprint density at radius 2 is 1.72 bits per heavy atom. The van der Waals surface area contributed by atoms with Crippen LogP contribution < -0.4 is 0 Å². The first-order valence-electron chi connectivity index (χ1n) is 6.68. The molecule has 0 unspecified atom stereocenters. The molecule has 1 aliphatic carbocycles. The molecule has 0 aliphatic heterocycles. The second-order valence-corrected chi connectivity index (χ2v) is 5.44. The normalized spacial score (nSPS) is 18.1. The molecule has 0 bridgehead atoms. The summed E-state index contributed by atoms with van der Waals surface area (Å²) in [5.41, 5.74) is 0.349. The molecule has 0 spiro atoms. The molecule has 1 fully saturated rings. The Hall–Kier alpha value is -0.890. The Kier molecular flexibility index (Phi) is 4.76. The van der Waals surface area contributed by atoms with E-state index < -0.39 is 5.82 Å². The molecule has 1 aromatic rings. The van der Waals surface area contributed by atoms with Crippen LogP contribution in [0.25, 0.3) is 0 Å². The molecule has 1 aliphatic rings. The minimum absolute atomic E-state index is 0.0152. The summed E-state index contributed by atoms with van der Waals surface area (Å²) in [6, 6.07) is 4.02. The zero-order valence-electron chi connectivity index (χ0n) is 10.4. The molecule has 0 aromatic heterocycles. The van der Waals surface area contributed by atoms with E-state index >= 15 is 0 Å². The largest absolute Gasteiger partial charge is 0.294 e. The number of halogens is 2. The highest BCUT2D eigenvalue weighted by Gasteiger charge is 2.22. The molecule has 0 atom stereocenters. The molecular weight excluding hydrogens is 251 g/mol. The van der Waals surface area contributed by atoms with Crippen LogP contribution in [0.3, 0.4) is 0 Å². The second-order valence-electron chi connectivity index (χ2n) is 5.03. The lowest BCUT2D eigenvalue weighted by Crippen LogP contribution is -2.17. The molecular formula is C15H18ClFO. The predicted octanol–water partition coefficient (Wildman–Crippen LogP) is 5.02. The van der Waals surface area contributed by atoms with Crippen molar-refractivity contribution in [2.75, 3.05) is 0 Å². The summed E-state index contributed by atoms with van der Waals surface area (Å²) in [7, 11) is 0. The molecule has 3 heteroatoms. The van der Waals surface area contributed by atoms with Gasteiger partial charge in [0.15, 0.2) is 5.78 Å². The molecule has 1 aromatic carbocycles. The van der Waals surface area contributed by atoms with Gasteiger partial charge in [0.05, 0.1) is 5.02 Å². The van der Waals surface area contributed by atoms with Crippen molar-refractivity contribution in [1.29, 1.82) is 0 Å². The van der Waals surface area contributed by atoms with Crippen LogP contribution in [0.1, 0.15) is 55.3 Å². The van der Waals surface area contributed by atoms with Gasteiger partial charge in [0.2, 0.25) is 0 Å². The summed E-state index contributed by atoms with van der Waals surface area (Å²) >= 11 is 6.00. The van der Waals surface area contributed by atoms with E-state index in [1.165, 1.54) is 37.5 Å². The van der Waals surface area contributed by atoms with Gasteiger partial charge in [-0.2, -0.15) is 0 Å². The Bertz CT molecular complexity index is 423. The van der Waals surface area contributed by atoms with Crippen LogP contribution in [-0.2, 0) is 0 Å². The molecule has 1 nitrogen and oxygen atoms in total. The highest BCUT2D eigenvalue weighted by Crippen LogP contribution is 2.28. The van der Waals surface area contributed by atoms with E-state index in [4.69, 9.17) is 11.6 Å². The summed E-state index contributed by atoms with van der Waals surface area (Å²) in [6.07, 6.45) is 7.65. The predicted molar refractivity (Wildman–Crippen MR) is 71.5 cm³/mol. The fourth-order valence-corrected chi connectivity index (χ4v) is 2.84. The number of carbonyl (C=O) groups excluding carboxylic acids is 1. The number of hydrogen-bond donors (Lipinski definition) is 0. The Morgan fingerprint density at radius 1 is 1.11 bits per heavy atom. The third-order valence-corrected chi connectivity index (χ3v) is 4.00. The quantitative estimate of drug-likeness (QED) is 0.688. The molecule has 0 radical (unpaired) electrons. The van der Waals surface area contributed by atoms with E-state index in [1.807, 2.05) is 0 Å². The molecule has 18 heavy (non-hydrogen) atoms. The minimum atomic E-state index is -0.395. The number of carbonyl (C=O) groups is 1. The van der Waals surface area contributed by atoms with Crippen molar-refractivity contribution in [3.63, 3.8) is 0 Å². The molecule has 0 heterocycles. The van der Waals surface area contributed by atoms with Crippen LogP contribution in [0, 0.1) is 11.7 Å². The number of hydrogen-bond acceptors (Lipinski definition) is 1. The number of benzene rings is 1. The van der Waals surface area contributed by atoms with E-state index in [1.54, 1.807) is 0 Å². The van der Waals surface area contributed by atoms with Crippen LogP contribution in [0.15, 0.2) is 18.2 Å². The maximum Gasteiger partial charge on any atom is 0.167 e. The van der Waals surface area contributed by atoms with E-state index in [2.05, 4.69) is 0 Å². The van der Waals surface area contributed by atoms with E-state index in [9.17, 15) is 9.18 Å². The molecule has 0 amide bonds. The van der Waals surface area contributed by atoms with Crippen molar-refractivity contribution in [3.8, 4) is 0 Å². The first-order valence-corrected chi connectivity index (χ1v) is 7.05. The van der Waals surface area contributed by atoms with Crippen molar-refractivity contribution < 1.29 is 9.18 Å². The monoisotopic (exact) mass is 268 g/mol. The Balaban J connectivity index is 2.15. The topological polar surface area (TPSA) is 17.1 Å². The van der Waals surface area contributed by atoms with Gasteiger partial charge in [-0.05, 0) is 31.0 Å². The SMILES string of the molecule is O=C(c1cc(F)ccc1Cl)C1CCCCCCC1. The Morgan fingerprint density at radius 3 is 2.39 bits per heavy atom. The van der Waals surface area contributed by atoms with Crippen molar-refractivity contribution in [3.05, 3.63) is 34.6 Å². The van der Waals surface area contributed by atoms with Crippen molar-refractivity contribution in [1.82, 2.24) is 0 Å². The van der Waals surface area contributed by atoms with Crippen LogP contribution in [0.2, 0.25) is 5.02 Å². The van der Waals surface area contributed by atoms with Gasteiger partial charge in [-0.1, -0.05) is 43.7 Å². The number of rotatable bonds is 2. The average Bonchev–Trinajstić information content (AvgIpc) is 2.31. The van der Waals surface area contributed by atoms with Gasteiger partial charge < -0.3 is 0 Å². The standard InChI is InChI=1S/C15H18ClFO/c16-14-9-8-12(17)10-13(14)15(18)11-6-4-2-1-3-5-7-11/h8-11H,1-7H2. The molecule has 0 N–H and O–H groups in total. The summed E-state index contributed by atoms with van der Waals surface area (Å²) in [4.78, 5) is 12.4. The third kappa shape index (κ3) is 3.32. The summed E-state index contributed by atoms with van der Waals surface area (Å²) < 4.78 is 13.2. The third-order valence-electron chi connectivity index (χ3n) is 3.67. The van der Waals surface area contributed by atoms with Crippen LogP contribution in [0.4, 0.5) is 4.39 Å². The van der Waals surface area contributed by atoms with Gasteiger partial charge in [0.1, 0.15) is 5.82 Å². The smallest absolute Gasteiger partial charge is 0.167 e. The van der Waals surface area contributed by atoms with Gasteiger partial charge in [-0.25, -0.2) is 4.39 Å². The lowest BCUT2D eigenvalue weighted by atomic mass is 9.85. The van der Waals surface area contributed by atoms with Gasteiger partial charge >= 0.3 is 0 Å². The summed E-state index contributed by atoms with van der Waals surface area (Å²) in [6.45, 7) is 0. The van der Waals surface area contributed by atoms with Crippen LogP contribution in [0.5, 0.6) is 0 Å². The van der Waals surface area contributed by atoms with E-state index in [-0.39, 0.29) is 11.7 Å². The van der Waals surface area contributed by atoms with Crippen molar-refractivity contribution >= 4 is 17.4 Å². The highest BCUT2D eigenvalue weighted by atomic mass is 35.5. The fraction of sp³-hybridized carbons (Fsp3) is 0.533. The zero-order valence-corrected chi connectivity index (χ0v) is 11.2. The van der Waals surface area contributed by atoms with Crippen LogP contribution in [-0.4, -0.2) is 5.78 Å². The first kappa shape index (κ1) is 13.5. The van der Waals surface area contributed by atoms with Crippen molar-refractivity contribution in [2.45, 2.75) is 44.9 Å². The van der Waals surface area contributed by atoms with E-state index in [0.29, 0.717) is 10.6 Å². The van der Waals surface area contributed by atoms with Crippen LogP contribution >= 0.6 is 11.6 Å². The zero-order chi connectivity index (χ0) is 13.0.